The third-order valence-corrected chi connectivity index (χ3v) is 8.04. The Bertz CT molecular complexity index is 1360. The van der Waals surface area contributed by atoms with Crippen LogP contribution in [0.3, 0.4) is 0 Å². The van der Waals surface area contributed by atoms with Gasteiger partial charge in [-0.2, -0.15) is 0 Å². The Labute approximate surface area is 248 Å². The lowest BCUT2D eigenvalue weighted by Gasteiger charge is -2.29. The molecule has 0 aromatic heterocycles. The monoisotopic (exact) mass is 574 g/mol. The van der Waals surface area contributed by atoms with Crippen molar-refractivity contribution >= 4 is 40.7 Å². The molecule has 1 atom stereocenters. The first kappa shape index (κ1) is 30.1. The lowest BCUT2D eigenvalue weighted by Crippen LogP contribution is -2.38. The number of anilines is 2. The van der Waals surface area contributed by atoms with Gasteiger partial charge >= 0.3 is 0 Å². The van der Waals surface area contributed by atoms with Crippen LogP contribution in [0.4, 0.5) is 11.4 Å². The molecule has 8 heteroatoms. The summed E-state index contributed by atoms with van der Waals surface area (Å²) in [6, 6.07) is 22.3. The first-order valence-electron chi connectivity index (χ1n) is 14.5. The Morgan fingerprint density at radius 1 is 0.854 bits per heavy atom. The fourth-order valence-corrected chi connectivity index (χ4v) is 5.64. The summed E-state index contributed by atoms with van der Waals surface area (Å²) in [7, 11) is 0. The predicted octanol–water partition coefficient (Wildman–Crippen LogP) is 6.31. The third-order valence-electron chi connectivity index (χ3n) is 7.71. The molecule has 1 saturated heterocycles. The molecule has 1 fully saturated rings. The summed E-state index contributed by atoms with van der Waals surface area (Å²) >= 11 is 6.23. The number of nitrogens with zero attached hydrogens (tertiary/aromatic N) is 3. The van der Waals surface area contributed by atoms with Gasteiger partial charge in [0.05, 0.1) is 22.1 Å². The molecule has 7 nitrogen and oxygen atoms in total. The number of amides is 3. The SMILES string of the molecule is CC[C@@H](C(=O)N1CCCN(c2ccc(NC(=O)c3ccccc3Cl)cc2C(=O)N(CC)CC)CC1)c1ccccc1. The van der Waals surface area contributed by atoms with Gasteiger partial charge in [-0.3, -0.25) is 14.4 Å². The van der Waals surface area contributed by atoms with Crippen LogP contribution in [0.25, 0.3) is 0 Å². The van der Waals surface area contributed by atoms with Gasteiger partial charge in [-0.25, -0.2) is 0 Å². The summed E-state index contributed by atoms with van der Waals surface area (Å²) in [6.07, 6.45) is 1.54. The minimum Gasteiger partial charge on any atom is -0.369 e. The maximum atomic E-state index is 13.7. The van der Waals surface area contributed by atoms with Crippen LogP contribution in [0, 0.1) is 0 Å². The fraction of sp³-hybridized carbons (Fsp3) is 0.364. The maximum absolute atomic E-state index is 13.7. The number of benzene rings is 3. The Morgan fingerprint density at radius 2 is 1.56 bits per heavy atom. The van der Waals surface area contributed by atoms with Crippen LogP contribution in [0.5, 0.6) is 0 Å². The van der Waals surface area contributed by atoms with Crippen molar-refractivity contribution in [3.63, 3.8) is 0 Å². The smallest absolute Gasteiger partial charge is 0.257 e. The minimum atomic E-state index is -0.336. The molecule has 0 spiro atoms. The molecule has 1 N–H and O–H groups in total. The molecule has 3 aromatic carbocycles. The highest BCUT2D eigenvalue weighted by Crippen LogP contribution is 2.29. The topological polar surface area (TPSA) is 73.0 Å². The second kappa shape index (κ2) is 14.2. The number of hydrogen-bond donors (Lipinski definition) is 1. The first-order valence-corrected chi connectivity index (χ1v) is 14.8. The van der Waals surface area contributed by atoms with Crippen molar-refractivity contribution in [1.82, 2.24) is 9.80 Å². The Kier molecular flexibility index (Phi) is 10.4. The Balaban J connectivity index is 1.57. The van der Waals surface area contributed by atoms with Crippen molar-refractivity contribution in [2.75, 3.05) is 49.5 Å². The largest absolute Gasteiger partial charge is 0.369 e. The second-order valence-electron chi connectivity index (χ2n) is 10.2. The van der Waals surface area contributed by atoms with Crippen molar-refractivity contribution in [3.8, 4) is 0 Å². The molecule has 1 aliphatic rings. The number of halogens is 1. The first-order chi connectivity index (χ1) is 19.9. The number of carbonyl (C=O) groups excluding carboxylic acids is 3. The van der Waals surface area contributed by atoms with Gasteiger partial charge in [0.2, 0.25) is 5.91 Å². The second-order valence-corrected chi connectivity index (χ2v) is 10.6. The van der Waals surface area contributed by atoms with Gasteiger partial charge in [-0.15, -0.1) is 0 Å². The summed E-state index contributed by atoms with van der Waals surface area (Å²) in [5.41, 5.74) is 3.27. The van der Waals surface area contributed by atoms with Crippen LogP contribution in [-0.2, 0) is 4.79 Å². The van der Waals surface area contributed by atoms with Crippen molar-refractivity contribution < 1.29 is 14.4 Å². The fourth-order valence-electron chi connectivity index (χ4n) is 5.42. The van der Waals surface area contributed by atoms with Crippen LogP contribution >= 0.6 is 11.6 Å². The highest BCUT2D eigenvalue weighted by Gasteiger charge is 2.28. The quantitative estimate of drug-likeness (QED) is 0.325. The van der Waals surface area contributed by atoms with E-state index in [1.165, 1.54) is 0 Å². The van der Waals surface area contributed by atoms with E-state index in [0.29, 0.717) is 54.6 Å². The molecule has 3 aromatic rings. The van der Waals surface area contributed by atoms with Crippen LogP contribution in [0.1, 0.15) is 65.8 Å². The van der Waals surface area contributed by atoms with Gasteiger partial charge in [0, 0.05) is 50.6 Å². The molecule has 0 saturated carbocycles. The summed E-state index contributed by atoms with van der Waals surface area (Å²) in [4.78, 5) is 46.1. The van der Waals surface area contributed by atoms with Gasteiger partial charge in [-0.05, 0) is 62.6 Å². The average molecular weight is 575 g/mol. The van der Waals surface area contributed by atoms with Crippen LogP contribution < -0.4 is 10.2 Å². The molecule has 0 bridgehead atoms. The number of carbonyl (C=O) groups is 3. The van der Waals surface area contributed by atoms with E-state index >= 15 is 0 Å². The van der Waals surface area contributed by atoms with Crippen molar-refractivity contribution in [3.05, 3.63) is 94.5 Å². The zero-order valence-corrected chi connectivity index (χ0v) is 24.9. The van der Waals surface area contributed by atoms with Gasteiger partial charge in [0.1, 0.15) is 0 Å². The van der Waals surface area contributed by atoms with Gasteiger partial charge in [0.25, 0.3) is 11.8 Å². The zero-order valence-electron chi connectivity index (χ0n) is 24.1. The summed E-state index contributed by atoms with van der Waals surface area (Å²) in [6.45, 7) is 9.69. The number of nitrogens with one attached hydrogen (secondary N) is 1. The van der Waals surface area contributed by atoms with E-state index in [0.717, 1.165) is 30.6 Å². The van der Waals surface area contributed by atoms with Crippen LogP contribution in [0.15, 0.2) is 72.8 Å². The van der Waals surface area contributed by atoms with Gasteiger partial charge < -0.3 is 20.0 Å². The van der Waals surface area contributed by atoms with Crippen molar-refractivity contribution in [1.29, 1.82) is 0 Å². The third kappa shape index (κ3) is 7.09. The van der Waals surface area contributed by atoms with E-state index in [4.69, 9.17) is 11.6 Å². The molecule has 4 rings (SSSR count). The highest BCUT2D eigenvalue weighted by molar-refractivity contribution is 6.34. The molecule has 0 radical (unpaired) electrons. The Hall–Kier alpha value is -3.84. The van der Waals surface area contributed by atoms with E-state index in [2.05, 4.69) is 17.1 Å². The lowest BCUT2D eigenvalue weighted by molar-refractivity contribution is -0.132. The summed E-state index contributed by atoms with van der Waals surface area (Å²) < 4.78 is 0. The van der Waals surface area contributed by atoms with Gasteiger partial charge in [0.15, 0.2) is 0 Å². The molecule has 3 amide bonds. The van der Waals surface area contributed by atoms with E-state index in [9.17, 15) is 14.4 Å². The van der Waals surface area contributed by atoms with E-state index in [-0.39, 0.29) is 23.6 Å². The average Bonchev–Trinajstić information content (AvgIpc) is 3.25. The standard InChI is InChI=1S/C33H39ClN4O3/c1-4-26(24-13-8-7-9-14-24)32(40)38-20-12-19-37(21-22-38)30-18-17-25(23-28(30)33(41)36(5-2)6-3)35-31(39)27-15-10-11-16-29(27)34/h7-11,13-18,23,26H,4-6,12,19-22H2,1-3H3,(H,35,39)/t26-/m1/s1. The molecule has 1 heterocycles. The van der Waals surface area contributed by atoms with Crippen molar-refractivity contribution in [2.45, 2.75) is 39.5 Å². The predicted molar refractivity (Wildman–Crippen MR) is 166 cm³/mol. The van der Waals surface area contributed by atoms with Crippen LogP contribution in [-0.4, -0.2) is 66.8 Å². The van der Waals surface area contributed by atoms with Crippen molar-refractivity contribution in [2.24, 2.45) is 0 Å². The minimum absolute atomic E-state index is 0.0915. The lowest BCUT2D eigenvalue weighted by atomic mass is 9.95. The van der Waals surface area contributed by atoms with E-state index in [1.54, 1.807) is 35.2 Å². The molecular weight excluding hydrogens is 536 g/mol. The molecular formula is C33H39ClN4O3. The molecule has 1 aliphatic heterocycles. The molecule has 41 heavy (non-hydrogen) atoms. The zero-order chi connectivity index (χ0) is 29.4. The van der Waals surface area contributed by atoms with Crippen LogP contribution in [0.2, 0.25) is 5.02 Å². The maximum Gasteiger partial charge on any atom is 0.257 e. The molecule has 0 unspecified atom stereocenters. The normalized spacial score (nSPS) is 14.2. The van der Waals surface area contributed by atoms with Gasteiger partial charge in [-0.1, -0.05) is 61.0 Å². The summed E-state index contributed by atoms with van der Waals surface area (Å²) in [5.74, 6) is -0.440. The number of rotatable bonds is 9. The number of hydrogen-bond acceptors (Lipinski definition) is 4. The molecule has 216 valence electrons. The molecule has 0 aliphatic carbocycles. The highest BCUT2D eigenvalue weighted by atomic mass is 35.5. The van der Waals surface area contributed by atoms with E-state index in [1.807, 2.05) is 61.2 Å². The Morgan fingerprint density at radius 3 is 2.24 bits per heavy atom. The summed E-state index contributed by atoms with van der Waals surface area (Å²) in [5, 5.41) is 3.27. The van der Waals surface area contributed by atoms with E-state index < -0.39 is 0 Å².